The molecule has 0 heterocycles. The normalized spacial score (nSPS) is 13.1. The molecule has 2 atom stereocenters. The number of sulfonamides is 1. The predicted molar refractivity (Wildman–Crippen MR) is 142 cm³/mol. The fourth-order valence-electron chi connectivity index (χ4n) is 3.49. The summed E-state index contributed by atoms with van der Waals surface area (Å²) < 4.78 is 39.1. The van der Waals surface area contributed by atoms with Crippen LogP contribution in [-0.4, -0.2) is 50.0 Å². The van der Waals surface area contributed by atoms with Crippen LogP contribution >= 0.6 is 23.2 Å². The van der Waals surface area contributed by atoms with Crippen LogP contribution in [-0.2, 0) is 26.2 Å². The third-order valence-electron chi connectivity index (χ3n) is 5.79. The fourth-order valence-corrected chi connectivity index (χ4v) is 4.93. The van der Waals surface area contributed by atoms with Gasteiger partial charge in [-0.15, -0.1) is 0 Å². The van der Waals surface area contributed by atoms with Crippen LogP contribution in [0.4, 0.5) is 10.1 Å². The summed E-state index contributed by atoms with van der Waals surface area (Å²) in [6.07, 6.45) is 1.96. The van der Waals surface area contributed by atoms with Gasteiger partial charge in [0, 0.05) is 35.6 Å². The van der Waals surface area contributed by atoms with Gasteiger partial charge in [-0.05, 0) is 68.7 Å². The molecule has 198 valence electrons. The fraction of sp³-hybridized carbons (Fsp3) is 0.440. The van der Waals surface area contributed by atoms with Gasteiger partial charge in [0.1, 0.15) is 11.9 Å². The van der Waals surface area contributed by atoms with Crippen molar-refractivity contribution < 1.29 is 22.4 Å². The van der Waals surface area contributed by atoms with Gasteiger partial charge in [-0.1, -0.05) is 36.2 Å². The molecular formula is C25H32Cl2FN3O4S. The summed E-state index contributed by atoms with van der Waals surface area (Å²) in [7, 11) is -3.66. The summed E-state index contributed by atoms with van der Waals surface area (Å²) in [6, 6.07) is 9.16. The molecule has 2 aromatic carbocycles. The van der Waals surface area contributed by atoms with E-state index in [2.05, 4.69) is 5.32 Å². The topological polar surface area (TPSA) is 86.8 Å². The lowest BCUT2D eigenvalue weighted by molar-refractivity contribution is -0.140. The molecule has 2 aromatic rings. The van der Waals surface area contributed by atoms with Crippen LogP contribution in [0.3, 0.4) is 0 Å². The van der Waals surface area contributed by atoms with Crippen LogP contribution in [0.25, 0.3) is 0 Å². The molecule has 0 spiro atoms. The van der Waals surface area contributed by atoms with Crippen molar-refractivity contribution in [2.24, 2.45) is 0 Å². The van der Waals surface area contributed by atoms with E-state index in [0.29, 0.717) is 21.3 Å². The van der Waals surface area contributed by atoms with Gasteiger partial charge in [-0.3, -0.25) is 13.9 Å². The summed E-state index contributed by atoms with van der Waals surface area (Å²) in [5, 5.41) is 3.71. The van der Waals surface area contributed by atoms with Gasteiger partial charge in [-0.2, -0.15) is 0 Å². The maximum absolute atomic E-state index is 13.3. The van der Waals surface area contributed by atoms with E-state index >= 15 is 0 Å². The Kier molecular flexibility index (Phi) is 11.0. The van der Waals surface area contributed by atoms with Crippen molar-refractivity contribution in [2.45, 2.75) is 58.7 Å². The standard InChI is InChI=1S/C25H32Cl2FN3O4S/c1-5-17(2)29-25(33)18(3)30(16-19-8-9-20(26)15-23(19)27)24(32)7-6-14-31(36(4,34)35)22-12-10-21(28)11-13-22/h8-13,15,17-18H,5-7,14,16H2,1-4H3,(H,29,33). The Balaban J connectivity index is 2.20. The molecule has 0 fully saturated rings. The third kappa shape index (κ3) is 8.64. The van der Waals surface area contributed by atoms with Gasteiger partial charge in [0.2, 0.25) is 21.8 Å². The minimum atomic E-state index is -3.66. The lowest BCUT2D eigenvalue weighted by Crippen LogP contribution is -2.49. The van der Waals surface area contributed by atoms with Gasteiger partial charge >= 0.3 is 0 Å². The first kappa shape index (κ1) is 29.9. The maximum Gasteiger partial charge on any atom is 0.242 e. The highest BCUT2D eigenvalue weighted by Gasteiger charge is 2.27. The zero-order valence-corrected chi connectivity index (χ0v) is 23.1. The van der Waals surface area contributed by atoms with Crippen LogP contribution < -0.4 is 9.62 Å². The number of halogens is 3. The highest BCUT2D eigenvalue weighted by atomic mass is 35.5. The number of nitrogens with one attached hydrogen (secondary N) is 1. The molecule has 0 bridgehead atoms. The highest BCUT2D eigenvalue weighted by Crippen LogP contribution is 2.24. The number of benzene rings is 2. The molecule has 2 amide bonds. The van der Waals surface area contributed by atoms with Crippen LogP contribution in [0.5, 0.6) is 0 Å². The van der Waals surface area contributed by atoms with Gasteiger partial charge < -0.3 is 10.2 Å². The average molecular weight is 561 g/mol. The zero-order valence-electron chi connectivity index (χ0n) is 20.8. The van der Waals surface area contributed by atoms with Crippen molar-refractivity contribution >= 4 is 50.7 Å². The molecule has 0 aromatic heterocycles. The number of hydrogen-bond donors (Lipinski definition) is 1. The molecule has 0 aliphatic carbocycles. The Bertz CT molecular complexity index is 1160. The molecule has 2 rings (SSSR count). The molecule has 0 saturated heterocycles. The number of rotatable bonds is 12. The minimum Gasteiger partial charge on any atom is -0.352 e. The van der Waals surface area contributed by atoms with Gasteiger partial charge in [0.15, 0.2) is 0 Å². The molecule has 0 aliphatic rings. The minimum absolute atomic E-state index is 0.0131. The van der Waals surface area contributed by atoms with Crippen molar-refractivity contribution in [1.82, 2.24) is 10.2 Å². The molecule has 11 heteroatoms. The van der Waals surface area contributed by atoms with E-state index in [0.717, 1.165) is 17.0 Å². The number of nitrogens with zero attached hydrogens (tertiary/aromatic N) is 2. The molecule has 2 unspecified atom stereocenters. The van der Waals surface area contributed by atoms with E-state index < -0.39 is 21.9 Å². The number of hydrogen-bond acceptors (Lipinski definition) is 4. The summed E-state index contributed by atoms with van der Waals surface area (Å²) in [4.78, 5) is 27.6. The largest absolute Gasteiger partial charge is 0.352 e. The monoisotopic (exact) mass is 559 g/mol. The number of amides is 2. The summed E-state index contributed by atoms with van der Waals surface area (Å²) in [5.74, 6) is -1.12. The van der Waals surface area contributed by atoms with Crippen molar-refractivity contribution in [3.8, 4) is 0 Å². The lowest BCUT2D eigenvalue weighted by atomic mass is 10.1. The molecule has 7 nitrogen and oxygen atoms in total. The third-order valence-corrected chi connectivity index (χ3v) is 7.57. The summed E-state index contributed by atoms with van der Waals surface area (Å²) >= 11 is 12.3. The van der Waals surface area contributed by atoms with Crippen molar-refractivity contribution in [1.29, 1.82) is 0 Å². The zero-order chi connectivity index (χ0) is 27.0. The van der Waals surface area contributed by atoms with Gasteiger partial charge in [0.05, 0.1) is 11.9 Å². The SMILES string of the molecule is CCC(C)NC(=O)C(C)N(Cc1ccc(Cl)cc1Cl)C(=O)CCCN(c1ccc(F)cc1)S(C)(=O)=O. The second kappa shape index (κ2) is 13.3. The van der Waals surface area contributed by atoms with E-state index in [-0.39, 0.29) is 43.8 Å². The Morgan fingerprint density at radius 2 is 1.72 bits per heavy atom. The Morgan fingerprint density at radius 3 is 2.28 bits per heavy atom. The van der Waals surface area contributed by atoms with Gasteiger partial charge in [-0.25, -0.2) is 12.8 Å². The number of anilines is 1. The first-order chi connectivity index (χ1) is 16.8. The molecular weight excluding hydrogens is 528 g/mol. The first-order valence-corrected chi connectivity index (χ1v) is 14.2. The Hall–Kier alpha value is -2.36. The van der Waals surface area contributed by atoms with Crippen LogP contribution in [0, 0.1) is 5.82 Å². The van der Waals surface area contributed by atoms with Crippen molar-refractivity contribution in [3.63, 3.8) is 0 Å². The highest BCUT2D eigenvalue weighted by molar-refractivity contribution is 7.92. The van der Waals surface area contributed by atoms with Crippen molar-refractivity contribution in [2.75, 3.05) is 17.1 Å². The first-order valence-electron chi connectivity index (χ1n) is 11.6. The van der Waals surface area contributed by atoms with E-state index in [1.165, 1.54) is 29.2 Å². The number of carbonyl (C=O) groups excluding carboxylic acids is 2. The van der Waals surface area contributed by atoms with E-state index in [4.69, 9.17) is 23.2 Å². The lowest BCUT2D eigenvalue weighted by Gasteiger charge is -2.30. The summed E-state index contributed by atoms with van der Waals surface area (Å²) in [5.41, 5.74) is 0.930. The summed E-state index contributed by atoms with van der Waals surface area (Å²) in [6.45, 7) is 5.56. The molecule has 1 N–H and O–H groups in total. The van der Waals surface area contributed by atoms with E-state index in [9.17, 15) is 22.4 Å². The van der Waals surface area contributed by atoms with Crippen LogP contribution in [0.15, 0.2) is 42.5 Å². The second-order valence-electron chi connectivity index (χ2n) is 8.67. The van der Waals surface area contributed by atoms with Gasteiger partial charge in [0.25, 0.3) is 0 Å². The second-order valence-corrected chi connectivity index (χ2v) is 11.4. The van der Waals surface area contributed by atoms with Crippen LogP contribution in [0.1, 0.15) is 45.6 Å². The predicted octanol–water partition coefficient (Wildman–Crippen LogP) is 5.01. The smallest absolute Gasteiger partial charge is 0.242 e. The van der Waals surface area contributed by atoms with E-state index in [1.807, 2.05) is 13.8 Å². The van der Waals surface area contributed by atoms with E-state index in [1.54, 1.807) is 25.1 Å². The Labute approximate surface area is 222 Å². The molecule has 0 saturated carbocycles. The van der Waals surface area contributed by atoms with Crippen LogP contribution in [0.2, 0.25) is 10.0 Å². The number of carbonyl (C=O) groups is 2. The quantitative estimate of drug-likeness (QED) is 0.396. The molecule has 36 heavy (non-hydrogen) atoms. The maximum atomic E-state index is 13.3. The molecule has 0 aliphatic heterocycles. The average Bonchev–Trinajstić information content (AvgIpc) is 2.80. The Morgan fingerprint density at radius 1 is 1.08 bits per heavy atom. The van der Waals surface area contributed by atoms with Crippen molar-refractivity contribution in [3.05, 3.63) is 63.9 Å². The molecule has 0 radical (unpaired) electrons.